The Morgan fingerprint density at radius 1 is 0.800 bits per heavy atom. The molecule has 8 nitrogen and oxygen atoms in total. The highest BCUT2D eigenvalue weighted by Gasteiger charge is 2.20. The number of carbonyl (C=O) groups is 3. The van der Waals surface area contributed by atoms with E-state index in [0.29, 0.717) is 24.3 Å². The van der Waals surface area contributed by atoms with Crippen LogP contribution in [0.5, 0.6) is 0 Å². The molecule has 8 heteroatoms. The van der Waals surface area contributed by atoms with Gasteiger partial charge in [-0.3, -0.25) is 14.4 Å². The lowest BCUT2D eigenvalue weighted by Gasteiger charge is -2.32. The number of hydrogen-bond donors (Lipinski definition) is 2. The highest BCUT2D eigenvalue weighted by molar-refractivity contribution is 5.47. The van der Waals surface area contributed by atoms with Crippen LogP contribution in [0.3, 0.4) is 0 Å². The molecule has 3 amide bonds. The quantitative estimate of drug-likeness (QED) is 0.637. The second-order valence-electron chi connectivity index (χ2n) is 9.00. The summed E-state index contributed by atoms with van der Waals surface area (Å²) in [6, 6.07) is 0. The van der Waals surface area contributed by atoms with Crippen LogP contribution in [-0.2, 0) is 14.4 Å². The molecule has 3 unspecified atom stereocenters. The minimum Gasteiger partial charge on any atom is -0.396 e. The largest absolute Gasteiger partial charge is 0.396 e. The predicted molar refractivity (Wildman–Crippen MR) is 116 cm³/mol. The first-order valence-electron chi connectivity index (χ1n) is 11.3. The van der Waals surface area contributed by atoms with Crippen molar-refractivity contribution in [2.75, 3.05) is 45.9 Å². The molecule has 174 valence electrons. The van der Waals surface area contributed by atoms with Gasteiger partial charge in [0.05, 0.1) is 6.10 Å². The molecule has 0 aromatic heterocycles. The molecular formula is C22H41N3O5. The van der Waals surface area contributed by atoms with E-state index >= 15 is 0 Å². The molecule has 3 rings (SSSR count). The number of piperidine rings is 3. The van der Waals surface area contributed by atoms with Crippen molar-refractivity contribution in [2.45, 2.75) is 58.5 Å². The van der Waals surface area contributed by atoms with E-state index in [4.69, 9.17) is 10.2 Å². The van der Waals surface area contributed by atoms with Crippen molar-refractivity contribution in [3.05, 3.63) is 0 Å². The first-order chi connectivity index (χ1) is 14.4. The summed E-state index contributed by atoms with van der Waals surface area (Å²) in [5.41, 5.74) is 0. The van der Waals surface area contributed by atoms with Gasteiger partial charge in [-0.25, -0.2) is 0 Å². The van der Waals surface area contributed by atoms with Crippen LogP contribution in [0, 0.1) is 17.8 Å². The Hall–Kier alpha value is -1.67. The van der Waals surface area contributed by atoms with Gasteiger partial charge in [-0.05, 0) is 56.3 Å². The molecule has 3 aliphatic heterocycles. The second-order valence-corrected chi connectivity index (χ2v) is 9.00. The van der Waals surface area contributed by atoms with E-state index in [2.05, 4.69) is 13.8 Å². The van der Waals surface area contributed by atoms with Gasteiger partial charge < -0.3 is 24.9 Å². The maximum Gasteiger partial charge on any atom is 0.209 e. The molecule has 0 bridgehead atoms. The lowest BCUT2D eigenvalue weighted by atomic mass is 9.92. The van der Waals surface area contributed by atoms with Gasteiger partial charge in [0.15, 0.2) is 0 Å². The lowest BCUT2D eigenvalue weighted by molar-refractivity contribution is -0.121. The standard InChI is InChI=1S/C8H15NO2.C8H15NO.C6H11NO2/c10-6-3-8-1-4-9(7-11)5-2-8;1-7-3-8(2)5-9(4-7)6-10;8-5-7-3-1-2-6(9)4-7/h7-8,10H,1-6H2;6-8H,3-5H2,1-2H3;5-6,9H,1-4H2. The summed E-state index contributed by atoms with van der Waals surface area (Å²) in [5.74, 6) is 2.01. The van der Waals surface area contributed by atoms with Crippen LogP contribution in [0.25, 0.3) is 0 Å². The molecule has 3 saturated heterocycles. The van der Waals surface area contributed by atoms with Gasteiger partial charge in [0, 0.05) is 45.9 Å². The number of amides is 3. The second kappa shape index (κ2) is 15.2. The Labute approximate surface area is 181 Å². The number of hydrogen-bond acceptors (Lipinski definition) is 5. The van der Waals surface area contributed by atoms with Gasteiger partial charge in [0.1, 0.15) is 0 Å². The average Bonchev–Trinajstić information content (AvgIpc) is 2.74. The fourth-order valence-corrected chi connectivity index (χ4v) is 4.41. The van der Waals surface area contributed by atoms with Crippen LogP contribution < -0.4 is 0 Å². The number of likely N-dealkylation sites (tertiary alicyclic amines) is 3. The minimum absolute atomic E-state index is 0.283. The van der Waals surface area contributed by atoms with Crippen LogP contribution in [0.2, 0.25) is 0 Å². The summed E-state index contributed by atoms with van der Waals surface area (Å²) in [7, 11) is 0. The third kappa shape index (κ3) is 10.9. The first-order valence-corrected chi connectivity index (χ1v) is 11.3. The monoisotopic (exact) mass is 427 g/mol. The number of aliphatic hydroxyl groups excluding tert-OH is 2. The third-order valence-electron chi connectivity index (χ3n) is 5.96. The molecule has 2 N–H and O–H groups in total. The van der Waals surface area contributed by atoms with E-state index in [0.717, 1.165) is 84.1 Å². The van der Waals surface area contributed by atoms with Gasteiger partial charge in [0.25, 0.3) is 0 Å². The zero-order valence-corrected chi connectivity index (χ0v) is 18.7. The summed E-state index contributed by atoms with van der Waals surface area (Å²) < 4.78 is 0. The van der Waals surface area contributed by atoms with Crippen LogP contribution in [0.15, 0.2) is 0 Å². The Morgan fingerprint density at radius 2 is 1.37 bits per heavy atom. The zero-order chi connectivity index (χ0) is 22.4. The molecular weight excluding hydrogens is 386 g/mol. The summed E-state index contributed by atoms with van der Waals surface area (Å²) >= 11 is 0. The number of rotatable bonds is 5. The summed E-state index contributed by atoms with van der Waals surface area (Å²) in [6.07, 6.45) is 8.42. The van der Waals surface area contributed by atoms with Crippen LogP contribution in [-0.4, -0.2) is 96.1 Å². The molecule has 3 fully saturated rings. The van der Waals surface area contributed by atoms with Crippen molar-refractivity contribution < 1.29 is 24.6 Å². The minimum atomic E-state index is -0.288. The fraction of sp³-hybridized carbons (Fsp3) is 0.864. The van der Waals surface area contributed by atoms with Gasteiger partial charge in [-0.1, -0.05) is 13.8 Å². The topological polar surface area (TPSA) is 101 Å². The van der Waals surface area contributed by atoms with E-state index in [1.165, 1.54) is 6.42 Å². The average molecular weight is 428 g/mol. The third-order valence-corrected chi connectivity index (χ3v) is 5.96. The maximum absolute atomic E-state index is 10.4. The number of aliphatic hydroxyl groups is 2. The molecule has 3 aliphatic rings. The van der Waals surface area contributed by atoms with E-state index in [1.807, 2.05) is 4.90 Å². The molecule has 0 aromatic rings. The Morgan fingerprint density at radius 3 is 1.80 bits per heavy atom. The fourth-order valence-electron chi connectivity index (χ4n) is 4.41. The van der Waals surface area contributed by atoms with Crippen molar-refractivity contribution in [1.29, 1.82) is 0 Å². The Kier molecular flexibility index (Phi) is 13.3. The van der Waals surface area contributed by atoms with Gasteiger partial charge in [-0.15, -0.1) is 0 Å². The molecule has 3 atom stereocenters. The van der Waals surface area contributed by atoms with Crippen LogP contribution in [0.4, 0.5) is 0 Å². The number of nitrogens with zero attached hydrogens (tertiary/aromatic N) is 3. The molecule has 0 saturated carbocycles. The summed E-state index contributed by atoms with van der Waals surface area (Å²) in [5, 5.41) is 17.7. The van der Waals surface area contributed by atoms with Crippen molar-refractivity contribution in [3.63, 3.8) is 0 Å². The maximum atomic E-state index is 10.4. The van der Waals surface area contributed by atoms with Crippen molar-refractivity contribution in [2.24, 2.45) is 17.8 Å². The molecule has 0 radical (unpaired) electrons. The molecule has 0 aliphatic carbocycles. The van der Waals surface area contributed by atoms with Crippen molar-refractivity contribution >= 4 is 19.2 Å². The summed E-state index contributed by atoms with van der Waals surface area (Å²) in [6.45, 7) is 9.65. The van der Waals surface area contributed by atoms with E-state index in [-0.39, 0.29) is 12.7 Å². The van der Waals surface area contributed by atoms with Gasteiger partial charge >= 0.3 is 0 Å². The predicted octanol–water partition coefficient (Wildman–Crippen LogP) is 0.957. The Balaban J connectivity index is 0.000000226. The van der Waals surface area contributed by atoms with Crippen molar-refractivity contribution in [3.8, 4) is 0 Å². The van der Waals surface area contributed by atoms with Crippen LogP contribution in [0.1, 0.15) is 52.4 Å². The SMILES string of the molecule is CC1CC(C)CN(C=O)C1.O=CN1CCC(CCO)CC1.O=CN1CCCC(O)C1. The van der Waals surface area contributed by atoms with E-state index < -0.39 is 0 Å². The van der Waals surface area contributed by atoms with E-state index in [9.17, 15) is 14.4 Å². The molecule has 30 heavy (non-hydrogen) atoms. The normalized spacial score (nSPS) is 27.2. The number of carbonyl (C=O) groups excluding carboxylic acids is 3. The van der Waals surface area contributed by atoms with E-state index in [1.54, 1.807) is 9.80 Å². The van der Waals surface area contributed by atoms with Crippen molar-refractivity contribution in [1.82, 2.24) is 14.7 Å². The molecule has 0 aromatic carbocycles. The molecule has 0 spiro atoms. The van der Waals surface area contributed by atoms with Gasteiger partial charge in [0.2, 0.25) is 19.2 Å². The first kappa shape index (κ1) is 26.4. The lowest BCUT2D eigenvalue weighted by Crippen LogP contribution is -2.37. The highest BCUT2D eigenvalue weighted by Crippen LogP contribution is 2.19. The highest BCUT2D eigenvalue weighted by atomic mass is 16.3. The Bertz CT molecular complexity index is 475. The molecule has 3 heterocycles. The smallest absolute Gasteiger partial charge is 0.209 e. The number of β-amino-alcohol motifs (C(OH)–C–C–N with tert-alkyl or cyclic N) is 1. The summed E-state index contributed by atoms with van der Waals surface area (Å²) in [4.78, 5) is 36.1. The van der Waals surface area contributed by atoms with Crippen LogP contribution >= 0.6 is 0 Å². The van der Waals surface area contributed by atoms with Gasteiger partial charge in [-0.2, -0.15) is 0 Å². The zero-order valence-electron chi connectivity index (χ0n) is 18.7.